The van der Waals surface area contributed by atoms with E-state index in [9.17, 15) is 0 Å². The lowest BCUT2D eigenvalue weighted by Crippen LogP contribution is -2.49. The van der Waals surface area contributed by atoms with Crippen LogP contribution in [0.25, 0.3) is 0 Å². The largest absolute Gasteiger partial charge is 0.379 e. The maximum atomic E-state index is 6.12. The molecule has 0 unspecified atom stereocenters. The van der Waals surface area contributed by atoms with E-state index >= 15 is 0 Å². The zero-order valence-corrected chi connectivity index (χ0v) is 11.6. The molecule has 1 fully saturated rings. The molecule has 0 bridgehead atoms. The van der Waals surface area contributed by atoms with E-state index in [0.717, 1.165) is 38.5 Å². The minimum absolute atomic E-state index is 0.0409. The van der Waals surface area contributed by atoms with Crippen LogP contribution in [0.5, 0.6) is 0 Å². The fraction of sp³-hybridized carbons (Fsp3) is 0.375. The Kier molecular flexibility index (Phi) is 4.16. The highest BCUT2D eigenvalue weighted by Crippen LogP contribution is 2.23. The Morgan fingerprint density at radius 3 is 2.60 bits per heavy atom. The summed E-state index contributed by atoms with van der Waals surface area (Å²) in [6, 6.07) is 10.2. The van der Waals surface area contributed by atoms with Gasteiger partial charge in [-0.3, -0.25) is 4.90 Å². The molecule has 2 heterocycles. The Balaban J connectivity index is 1.79. The molecule has 20 heavy (non-hydrogen) atoms. The molecule has 0 spiro atoms. The Bertz CT molecular complexity index is 481. The van der Waals surface area contributed by atoms with Crippen LogP contribution >= 0.6 is 0 Å². The van der Waals surface area contributed by atoms with Crippen molar-refractivity contribution in [1.82, 2.24) is 4.90 Å². The molecule has 2 aliphatic heterocycles. The number of ether oxygens (including phenoxy) is 1. The van der Waals surface area contributed by atoms with E-state index in [1.54, 1.807) is 0 Å². The summed E-state index contributed by atoms with van der Waals surface area (Å²) >= 11 is 0. The summed E-state index contributed by atoms with van der Waals surface area (Å²) < 4.78 is 5.40. The van der Waals surface area contributed by atoms with E-state index < -0.39 is 0 Å². The predicted molar refractivity (Wildman–Crippen MR) is 79.3 cm³/mol. The van der Waals surface area contributed by atoms with Gasteiger partial charge in [0.1, 0.15) is 0 Å². The molecule has 4 heteroatoms. The molecule has 0 radical (unpaired) electrons. The number of hydrogen-bond acceptors (Lipinski definition) is 4. The van der Waals surface area contributed by atoms with Gasteiger partial charge in [-0.25, -0.2) is 9.90 Å². The third-order valence-corrected chi connectivity index (χ3v) is 3.63. The summed E-state index contributed by atoms with van der Waals surface area (Å²) in [7, 11) is 0. The van der Waals surface area contributed by atoms with Crippen molar-refractivity contribution in [2.45, 2.75) is 6.23 Å². The predicted octanol–water partition coefficient (Wildman–Crippen LogP) is 2.21. The smallest absolute Gasteiger partial charge is 0.158 e. The van der Waals surface area contributed by atoms with Crippen molar-refractivity contribution in [3.63, 3.8) is 0 Å². The van der Waals surface area contributed by atoms with Crippen LogP contribution in [0.3, 0.4) is 0 Å². The molecular formula is C16H20N2O2. The first-order chi connectivity index (χ1) is 9.86. The standard InChI is InChI=1S/C16H20N2O2/c1-2-14-12-16(17-8-10-19-11-9-17)20-18(13-14)15-6-4-3-5-7-15/h2-7,12,16H,1,8-11,13H2/t16-/m0/s1. The quantitative estimate of drug-likeness (QED) is 0.842. The Morgan fingerprint density at radius 2 is 1.90 bits per heavy atom. The fourth-order valence-electron chi connectivity index (χ4n) is 2.48. The average Bonchev–Trinajstić information content (AvgIpc) is 2.56. The molecule has 0 aromatic heterocycles. The second-order valence-corrected chi connectivity index (χ2v) is 4.96. The number of para-hydroxylation sites is 1. The van der Waals surface area contributed by atoms with Gasteiger partial charge in [0.2, 0.25) is 0 Å². The summed E-state index contributed by atoms with van der Waals surface area (Å²) in [5, 5.41) is 1.94. The lowest BCUT2D eigenvalue weighted by atomic mass is 10.2. The van der Waals surface area contributed by atoms with Crippen molar-refractivity contribution in [3.8, 4) is 0 Å². The summed E-state index contributed by atoms with van der Waals surface area (Å²) in [6.45, 7) is 7.96. The van der Waals surface area contributed by atoms with Crippen molar-refractivity contribution >= 4 is 5.69 Å². The Morgan fingerprint density at radius 1 is 1.15 bits per heavy atom. The molecule has 0 aliphatic carbocycles. The van der Waals surface area contributed by atoms with Crippen LogP contribution in [0.15, 0.2) is 54.6 Å². The van der Waals surface area contributed by atoms with Crippen LogP contribution in [0.2, 0.25) is 0 Å². The van der Waals surface area contributed by atoms with E-state index in [2.05, 4.69) is 29.7 Å². The molecule has 1 atom stereocenters. The van der Waals surface area contributed by atoms with Gasteiger partial charge in [0.25, 0.3) is 0 Å². The number of hydroxylamine groups is 1. The summed E-state index contributed by atoms with van der Waals surface area (Å²) in [6.07, 6.45) is 4.02. The molecule has 0 N–H and O–H groups in total. The molecule has 0 amide bonds. The topological polar surface area (TPSA) is 24.9 Å². The number of morpholine rings is 1. The highest BCUT2D eigenvalue weighted by atomic mass is 16.7. The van der Waals surface area contributed by atoms with Gasteiger partial charge in [-0.15, -0.1) is 0 Å². The highest BCUT2D eigenvalue weighted by molar-refractivity contribution is 5.46. The number of benzene rings is 1. The van der Waals surface area contributed by atoms with Gasteiger partial charge in [0.05, 0.1) is 25.4 Å². The van der Waals surface area contributed by atoms with Crippen LogP contribution in [-0.4, -0.2) is 44.0 Å². The number of hydrogen-bond donors (Lipinski definition) is 0. The van der Waals surface area contributed by atoms with Gasteiger partial charge in [0, 0.05) is 13.1 Å². The Hall–Kier alpha value is -1.62. The first-order valence-electron chi connectivity index (χ1n) is 7.01. The van der Waals surface area contributed by atoms with Crippen molar-refractivity contribution in [2.75, 3.05) is 37.9 Å². The van der Waals surface area contributed by atoms with Crippen molar-refractivity contribution in [1.29, 1.82) is 0 Å². The monoisotopic (exact) mass is 272 g/mol. The second kappa shape index (κ2) is 6.22. The second-order valence-electron chi connectivity index (χ2n) is 4.96. The van der Waals surface area contributed by atoms with E-state index in [4.69, 9.17) is 9.57 Å². The summed E-state index contributed by atoms with van der Waals surface area (Å²) in [5.74, 6) is 0. The van der Waals surface area contributed by atoms with E-state index in [0.29, 0.717) is 0 Å². The molecule has 1 aromatic carbocycles. The third-order valence-electron chi connectivity index (χ3n) is 3.63. The van der Waals surface area contributed by atoms with Gasteiger partial charge < -0.3 is 4.74 Å². The molecule has 1 saturated heterocycles. The van der Waals surface area contributed by atoms with Crippen molar-refractivity contribution < 1.29 is 9.57 Å². The van der Waals surface area contributed by atoms with Crippen molar-refractivity contribution in [2.24, 2.45) is 0 Å². The SMILES string of the molecule is C=CC1=C[C@@H](N2CCOCC2)ON(c2ccccc2)C1. The minimum atomic E-state index is -0.0409. The molecule has 3 rings (SSSR count). The van der Waals surface area contributed by atoms with Gasteiger partial charge in [-0.1, -0.05) is 30.9 Å². The van der Waals surface area contributed by atoms with Gasteiger partial charge >= 0.3 is 0 Å². The van der Waals surface area contributed by atoms with E-state index in [1.807, 2.05) is 29.3 Å². The normalized spacial score (nSPS) is 24.3. The van der Waals surface area contributed by atoms with Gasteiger partial charge in [-0.2, -0.15) is 0 Å². The highest BCUT2D eigenvalue weighted by Gasteiger charge is 2.26. The number of anilines is 1. The maximum absolute atomic E-state index is 6.12. The fourth-order valence-corrected chi connectivity index (χ4v) is 2.48. The van der Waals surface area contributed by atoms with Crippen LogP contribution in [-0.2, 0) is 9.57 Å². The minimum Gasteiger partial charge on any atom is -0.379 e. The lowest BCUT2D eigenvalue weighted by molar-refractivity contribution is -0.0840. The lowest BCUT2D eigenvalue weighted by Gasteiger charge is -2.39. The molecule has 2 aliphatic rings. The summed E-state index contributed by atoms with van der Waals surface area (Å²) in [4.78, 5) is 8.42. The first-order valence-corrected chi connectivity index (χ1v) is 7.01. The first kappa shape index (κ1) is 13.4. The molecule has 1 aromatic rings. The maximum Gasteiger partial charge on any atom is 0.158 e. The van der Waals surface area contributed by atoms with Gasteiger partial charge in [0.15, 0.2) is 6.23 Å². The molecule has 0 saturated carbocycles. The van der Waals surface area contributed by atoms with Crippen LogP contribution in [0, 0.1) is 0 Å². The zero-order valence-electron chi connectivity index (χ0n) is 11.6. The average molecular weight is 272 g/mol. The molecule has 106 valence electrons. The van der Waals surface area contributed by atoms with Gasteiger partial charge in [-0.05, 0) is 23.8 Å². The number of nitrogens with zero attached hydrogens (tertiary/aromatic N) is 2. The van der Waals surface area contributed by atoms with Crippen LogP contribution in [0.1, 0.15) is 0 Å². The molecule has 4 nitrogen and oxygen atoms in total. The summed E-state index contributed by atoms with van der Waals surface area (Å²) in [5.41, 5.74) is 2.26. The zero-order chi connectivity index (χ0) is 13.8. The Labute approximate surface area is 119 Å². The van der Waals surface area contributed by atoms with E-state index in [-0.39, 0.29) is 6.23 Å². The molecular weight excluding hydrogens is 252 g/mol. The van der Waals surface area contributed by atoms with Crippen LogP contribution in [0.4, 0.5) is 5.69 Å². The third kappa shape index (κ3) is 2.93. The van der Waals surface area contributed by atoms with Crippen LogP contribution < -0.4 is 5.06 Å². The van der Waals surface area contributed by atoms with Crippen molar-refractivity contribution in [3.05, 3.63) is 54.6 Å². The van der Waals surface area contributed by atoms with E-state index in [1.165, 1.54) is 5.57 Å². The number of rotatable bonds is 3.